The Labute approximate surface area is 106 Å². The van der Waals surface area contributed by atoms with Gasteiger partial charge in [0.1, 0.15) is 0 Å². The van der Waals surface area contributed by atoms with Crippen LogP contribution in [-0.2, 0) is 10.2 Å². The van der Waals surface area contributed by atoms with Crippen LogP contribution in [0.4, 0.5) is 0 Å². The Morgan fingerprint density at radius 1 is 1.53 bits per heavy atom. The van der Waals surface area contributed by atoms with Crippen LogP contribution in [0.15, 0.2) is 11.4 Å². The predicted molar refractivity (Wildman–Crippen MR) is 69.7 cm³/mol. The van der Waals surface area contributed by atoms with Crippen molar-refractivity contribution in [2.75, 3.05) is 13.2 Å². The van der Waals surface area contributed by atoms with E-state index in [1.165, 1.54) is 4.88 Å². The Morgan fingerprint density at radius 3 is 2.82 bits per heavy atom. The van der Waals surface area contributed by atoms with Crippen molar-refractivity contribution >= 4 is 17.2 Å². The average molecular weight is 253 g/mol. The molecule has 1 aromatic heterocycles. The molecule has 0 spiro atoms. The van der Waals surface area contributed by atoms with Gasteiger partial charge in [0.15, 0.2) is 0 Å². The number of ether oxygens (including phenoxy) is 1. The summed E-state index contributed by atoms with van der Waals surface area (Å²) >= 11 is 1.65. The first kappa shape index (κ1) is 12.6. The standard InChI is InChI=1S/C13H19NO2S/c1-13(2,3)11-6-9(8-17-11)12(15)14-10-4-5-16-7-10/h6,8,10H,4-5,7H2,1-3H3,(H,14,15)/t10-/m1/s1. The Morgan fingerprint density at radius 2 is 2.29 bits per heavy atom. The van der Waals surface area contributed by atoms with E-state index in [4.69, 9.17) is 4.74 Å². The van der Waals surface area contributed by atoms with Crippen LogP contribution in [0, 0.1) is 0 Å². The number of hydrogen-bond donors (Lipinski definition) is 1. The molecule has 1 aromatic rings. The van der Waals surface area contributed by atoms with E-state index in [2.05, 4.69) is 26.1 Å². The summed E-state index contributed by atoms with van der Waals surface area (Å²) in [5.41, 5.74) is 0.881. The molecule has 0 saturated carbocycles. The lowest BCUT2D eigenvalue weighted by atomic mass is 9.94. The highest BCUT2D eigenvalue weighted by molar-refractivity contribution is 7.10. The highest BCUT2D eigenvalue weighted by Crippen LogP contribution is 2.28. The minimum absolute atomic E-state index is 0.0206. The van der Waals surface area contributed by atoms with E-state index in [9.17, 15) is 4.79 Å². The number of amides is 1. The van der Waals surface area contributed by atoms with E-state index in [0.717, 1.165) is 18.6 Å². The zero-order valence-corrected chi connectivity index (χ0v) is 11.4. The van der Waals surface area contributed by atoms with Gasteiger partial charge >= 0.3 is 0 Å². The van der Waals surface area contributed by atoms with E-state index >= 15 is 0 Å². The number of nitrogens with one attached hydrogen (secondary N) is 1. The second-order valence-electron chi connectivity index (χ2n) is 5.48. The summed E-state index contributed by atoms with van der Waals surface area (Å²) in [5, 5.41) is 4.94. The molecule has 2 rings (SSSR count). The molecular weight excluding hydrogens is 234 g/mol. The molecule has 2 heterocycles. The Balaban J connectivity index is 2.01. The van der Waals surface area contributed by atoms with E-state index in [1.807, 2.05) is 11.4 Å². The van der Waals surface area contributed by atoms with Crippen molar-refractivity contribution in [3.63, 3.8) is 0 Å². The molecular formula is C13H19NO2S. The average Bonchev–Trinajstić information content (AvgIpc) is 2.85. The maximum Gasteiger partial charge on any atom is 0.252 e. The SMILES string of the molecule is CC(C)(C)c1cc(C(=O)N[C@@H]2CCOC2)cs1. The van der Waals surface area contributed by atoms with Crippen LogP contribution in [0.2, 0.25) is 0 Å². The maximum absolute atomic E-state index is 12.0. The number of carbonyl (C=O) groups excluding carboxylic acids is 1. The van der Waals surface area contributed by atoms with Crippen LogP contribution in [0.25, 0.3) is 0 Å². The maximum atomic E-state index is 12.0. The number of carbonyl (C=O) groups is 1. The van der Waals surface area contributed by atoms with Crippen molar-refractivity contribution in [2.45, 2.75) is 38.6 Å². The van der Waals surface area contributed by atoms with Gasteiger partial charge in [-0.25, -0.2) is 0 Å². The van der Waals surface area contributed by atoms with Crippen LogP contribution < -0.4 is 5.32 Å². The van der Waals surface area contributed by atoms with Gasteiger partial charge in [-0.15, -0.1) is 11.3 Å². The van der Waals surface area contributed by atoms with Crippen molar-refractivity contribution in [1.82, 2.24) is 5.32 Å². The molecule has 0 aliphatic carbocycles. The first-order valence-corrected chi connectivity index (χ1v) is 6.82. The summed E-state index contributed by atoms with van der Waals surface area (Å²) in [6.45, 7) is 7.87. The molecule has 1 N–H and O–H groups in total. The largest absolute Gasteiger partial charge is 0.379 e. The van der Waals surface area contributed by atoms with Gasteiger partial charge in [0.2, 0.25) is 0 Å². The molecule has 3 nitrogen and oxygen atoms in total. The molecule has 1 atom stereocenters. The molecule has 1 amide bonds. The molecule has 0 radical (unpaired) electrons. The lowest BCUT2D eigenvalue weighted by molar-refractivity contribution is 0.0930. The van der Waals surface area contributed by atoms with E-state index in [0.29, 0.717) is 6.61 Å². The van der Waals surface area contributed by atoms with Crippen LogP contribution in [0.5, 0.6) is 0 Å². The molecule has 94 valence electrons. The number of thiophene rings is 1. The van der Waals surface area contributed by atoms with Crippen molar-refractivity contribution in [2.24, 2.45) is 0 Å². The van der Waals surface area contributed by atoms with Gasteiger partial charge in [-0.2, -0.15) is 0 Å². The smallest absolute Gasteiger partial charge is 0.252 e. The lowest BCUT2D eigenvalue weighted by Gasteiger charge is -2.15. The Bertz CT molecular complexity index is 400. The van der Waals surface area contributed by atoms with Gasteiger partial charge in [-0.05, 0) is 17.9 Å². The predicted octanol–water partition coefficient (Wildman–Crippen LogP) is 2.56. The van der Waals surface area contributed by atoms with Crippen LogP contribution in [-0.4, -0.2) is 25.2 Å². The van der Waals surface area contributed by atoms with E-state index < -0.39 is 0 Å². The minimum atomic E-state index is 0.0206. The fourth-order valence-corrected chi connectivity index (χ4v) is 2.74. The molecule has 1 fully saturated rings. The molecule has 0 bridgehead atoms. The fourth-order valence-electron chi connectivity index (χ4n) is 1.77. The summed E-state index contributed by atoms with van der Waals surface area (Å²) in [5.74, 6) is 0.0206. The summed E-state index contributed by atoms with van der Waals surface area (Å²) in [6, 6.07) is 2.18. The second kappa shape index (κ2) is 4.78. The third-order valence-corrected chi connectivity index (χ3v) is 4.22. The normalized spacial score (nSPS) is 20.5. The fraction of sp³-hybridized carbons (Fsp3) is 0.615. The van der Waals surface area contributed by atoms with E-state index in [-0.39, 0.29) is 17.4 Å². The first-order chi connectivity index (χ1) is 7.97. The zero-order chi connectivity index (χ0) is 12.5. The van der Waals surface area contributed by atoms with Crippen LogP contribution in [0.3, 0.4) is 0 Å². The molecule has 1 aliphatic heterocycles. The highest BCUT2D eigenvalue weighted by atomic mass is 32.1. The van der Waals surface area contributed by atoms with Gasteiger partial charge in [0.25, 0.3) is 5.91 Å². The van der Waals surface area contributed by atoms with Crippen molar-refractivity contribution < 1.29 is 9.53 Å². The van der Waals surface area contributed by atoms with Gasteiger partial charge < -0.3 is 10.1 Å². The number of rotatable bonds is 2. The molecule has 4 heteroatoms. The Kier molecular flexibility index (Phi) is 3.54. The summed E-state index contributed by atoms with van der Waals surface area (Å²) in [7, 11) is 0. The van der Waals surface area contributed by atoms with E-state index in [1.54, 1.807) is 11.3 Å². The third kappa shape index (κ3) is 3.07. The van der Waals surface area contributed by atoms with Gasteiger partial charge in [-0.3, -0.25) is 4.79 Å². The highest BCUT2D eigenvalue weighted by Gasteiger charge is 2.21. The van der Waals surface area contributed by atoms with Gasteiger partial charge in [0.05, 0.1) is 18.2 Å². The summed E-state index contributed by atoms with van der Waals surface area (Å²) < 4.78 is 5.24. The summed E-state index contributed by atoms with van der Waals surface area (Å²) in [4.78, 5) is 13.2. The zero-order valence-electron chi connectivity index (χ0n) is 10.6. The summed E-state index contributed by atoms with van der Waals surface area (Å²) in [6.07, 6.45) is 0.919. The quantitative estimate of drug-likeness (QED) is 0.879. The van der Waals surface area contributed by atoms with Gasteiger partial charge in [-0.1, -0.05) is 20.8 Å². The molecule has 17 heavy (non-hydrogen) atoms. The molecule has 0 aromatic carbocycles. The van der Waals surface area contributed by atoms with Crippen molar-refractivity contribution in [3.8, 4) is 0 Å². The van der Waals surface area contributed by atoms with Gasteiger partial charge in [0, 0.05) is 16.9 Å². The third-order valence-electron chi connectivity index (χ3n) is 2.87. The van der Waals surface area contributed by atoms with Crippen molar-refractivity contribution in [1.29, 1.82) is 0 Å². The second-order valence-corrected chi connectivity index (χ2v) is 6.39. The molecule has 1 aliphatic rings. The first-order valence-electron chi connectivity index (χ1n) is 5.94. The molecule has 0 unspecified atom stereocenters. The minimum Gasteiger partial charge on any atom is -0.379 e. The van der Waals surface area contributed by atoms with Crippen LogP contribution >= 0.6 is 11.3 Å². The Hall–Kier alpha value is -0.870. The number of hydrogen-bond acceptors (Lipinski definition) is 3. The van der Waals surface area contributed by atoms with Crippen LogP contribution in [0.1, 0.15) is 42.4 Å². The lowest BCUT2D eigenvalue weighted by Crippen LogP contribution is -2.34. The molecule has 1 saturated heterocycles. The van der Waals surface area contributed by atoms with Crippen molar-refractivity contribution in [3.05, 3.63) is 21.9 Å². The topological polar surface area (TPSA) is 38.3 Å². The monoisotopic (exact) mass is 253 g/mol.